The van der Waals surface area contributed by atoms with Gasteiger partial charge in [0.25, 0.3) is 0 Å². The number of nitrogens with zero attached hydrogens (tertiary/aromatic N) is 4. The molecule has 0 atom stereocenters. The fourth-order valence-electron chi connectivity index (χ4n) is 3.20. The molecule has 1 amide bonds. The van der Waals surface area contributed by atoms with Crippen LogP contribution in [0.2, 0.25) is 0 Å². The van der Waals surface area contributed by atoms with Crippen molar-refractivity contribution in [2.24, 2.45) is 0 Å². The summed E-state index contributed by atoms with van der Waals surface area (Å²) in [6.45, 7) is 9.53. The Morgan fingerprint density at radius 1 is 1.09 bits per heavy atom. The number of pyridine rings is 1. The zero-order valence-corrected chi connectivity index (χ0v) is 20.5. The van der Waals surface area contributed by atoms with E-state index in [9.17, 15) is 4.79 Å². The van der Waals surface area contributed by atoms with E-state index in [1.165, 1.54) is 0 Å². The van der Waals surface area contributed by atoms with Crippen molar-refractivity contribution in [3.8, 4) is 22.0 Å². The smallest absolute Gasteiger partial charge is 0.412 e. The Morgan fingerprint density at radius 2 is 1.91 bits per heavy atom. The van der Waals surface area contributed by atoms with Crippen molar-refractivity contribution in [3.05, 3.63) is 58.9 Å². The lowest BCUT2D eigenvalue weighted by molar-refractivity contribution is 0.0635. The minimum Gasteiger partial charge on any atom is -0.444 e. The topological polar surface area (TPSA) is 115 Å². The van der Waals surface area contributed by atoms with E-state index < -0.39 is 11.7 Å². The molecule has 0 radical (unpaired) electrons. The summed E-state index contributed by atoms with van der Waals surface area (Å²) in [5.74, 6) is 1.06. The summed E-state index contributed by atoms with van der Waals surface area (Å²) in [4.78, 5) is 26.7. The molecule has 0 unspecified atom stereocenters. The molecule has 9 nitrogen and oxygen atoms in total. The largest absolute Gasteiger partial charge is 0.444 e. The standard InChI is InChI=1S/C24H26N6O3S/c1-14-16(13-26-22-25-11-10-18(28-22)20-7-6-12-34-20)21(33-30-14)19-9-8-17(15(2)27-19)29-23(31)32-24(3,4)5/h6-12H,13H2,1-5H3,(H,29,31)(H,25,26,28). The van der Waals surface area contributed by atoms with Gasteiger partial charge in [0.15, 0.2) is 5.76 Å². The van der Waals surface area contributed by atoms with Crippen LogP contribution in [0.1, 0.15) is 37.7 Å². The normalized spacial score (nSPS) is 11.3. The third-order valence-electron chi connectivity index (χ3n) is 4.79. The summed E-state index contributed by atoms with van der Waals surface area (Å²) >= 11 is 1.63. The zero-order valence-electron chi connectivity index (χ0n) is 19.7. The van der Waals surface area contributed by atoms with E-state index >= 15 is 0 Å². The number of carbonyl (C=O) groups excluding carboxylic acids is 1. The van der Waals surface area contributed by atoms with Crippen molar-refractivity contribution in [3.63, 3.8) is 0 Å². The molecule has 176 valence electrons. The molecular weight excluding hydrogens is 452 g/mol. The maximum atomic E-state index is 12.1. The molecule has 0 saturated heterocycles. The minimum atomic E-state index is -0.586. The number of hydrogen-bond acceptors (Lipinski definition) is 9. The lowest BCUT2D eigenvalue weighted by atomic mass is 10.1. The van der Waals surface area contributed by atoms with Gasteiger partial charge in [-0.1, -0.05) is 11.2 Å². The number of ether oxygens (including phenoxy) is 1. The Kier molecular flexibility index (Phi) is 6.60. The predicted octanol–water partition coefficient (Wildman–Crippen LogP) is 5.83. The minimum absolute atomic E-state index is 0.414. The second-order valence-corrected chi connectivity index (χ2v) is 9.58. The van der Waals surface area contributed by atoms with Crippen molar-refractivity contribution < 1.29 is 14.1 Å². The summed E-state index contributed by atoms with van der Waals surface area (Å²) in [6, 6.07) is 9.44. The molecule has 0 spiro atoms. The molecule has 0 saturated carbocycles. The van der Waals surface area contributed by atoms with E-state index in [1.54, 1.807) is 36.6 Å². The van der Waals surface area contributed by atoms with Crippen LogP contribution >= 0.6 is 11.3 Å². The van der Waals surface area contributed by atoms with Gasteiger partial charge in [-0.25, -0.2) is 19.7 Å². The van der Waals surface area contributed by atoms with Crippen molar-refractivity contribution in [2.75, 3.05) is 10.6 Å². The molecular formula is C24H26N6O3S. The Morgan fingerprint density at radius 3 is 2.62 bits per heavy atom. The highest BCUT2D eigenvalue weighted by Crippen LogP contribution is 2.28. The van der Waals surface area contributed by atoms with Gasteiger partial charge in [0.2, 0.25) is 5.95 Å². The first-order valence-electron chi connectivity index (χ1n) is 10.7. The molecule has 0 aromatic carbocycles. The maximum Gasteiger partial charge on any atom is 0.412 e. The van der Waals surface area contributed by atoms with Crippen LogP contribution in [0.15, 0.2) is 46.4 Å². The third kappa shape index (κ3) is 5.57. The van der Waals surface area contributed by atoms with Gasteiger partial charge >= 0.3 is 6.09 Å². The fourth-order valence-corrected chi connectivity index (χ4v) is 3.90. The number of hydrogen-bond donors (Lipinski definition) is 2. The van der Waals surface area contributed by atoms with Crippen LogP contribution in [0.5, 0.6) is 0 Å². The molecule has 4 aromatic heterocycles. The van der Waals surface area contributed by atoms with Crippen molar-refractivity contribution >= 4 is 29.1 Å². The Balaban J connectivity index is 1.50. The van der Waals surface area contributed by atoms with E-state index in [0.717, 1.165) is 21.8 Å². The summed E-state index contributed by atoms with van der Waals surface area (Å²) in [5, 5.41) is 12.1. The summed E-state index contributed by atoms with van der Waals surface area (Å²) < 4.78 is 10.9. The first-order chi connectivity index (χ1) is 16.2. The zero-order chi connectivity index (χ0) is 24.3. The van der Waals surface area contributed by atoms with Crippen LogP contribution in [-0.4, -0.2) is 31.8 Å². The number of thiophene rings is 1. The van der Waals surface area contributed by atoms with Gasteiger partial charge in [-0.15, -0.1) is 11.3 Å². The number of aryl methyl sites for hydroxylation is 2. The van der Waals surface area contributed by atoms with Crippen LogP contribution in [0.25, 0.3) is 22.0 Å². The van der Waals surface area contributed by atoms with Gasteiger partial charge < -0.3 is 14.6 Å². The molecule has 10 heteroatoms. The predicted molar refractivity (Wildman–Crippen MR) is 132 cm³/mol. The number of aromatic nitrogens is 4. The Bertz CT molecular complexity index is 1290. The molecule has 4 heterocycles. The number of carbonyl (C=O) groups is 1. The number of rotatable bonds is 6. The average molecular weight is 479 g/mol. The molecule has 0 bridgehead atoms. The molecule has 0 fully saturated rings. The van der Waals surface area contributed by atoms with Gasteiger partial charge in [0.1, 0.15) is 11.3 Å². The van der Waals surface area contributed by atoms with E-state index in [-0.39, 0.29) is 0 Å². The molecule has 0 aliphatic rings. The van der Waals surface area contributed by atoms with Crippen molar-refractivity contribution in [2.45, 2.75) is 46.8 Å². The van der Waals surface area contributed by atoms with Gasteiger partial charge in [0, 0.05) is 18.3 Å². The first-order valence-corrected chi connectivity index (χ1v) is 11.6. The summed E-state index contributed by atoms with van der Waals surface area (Å²) in [7, 11) is 0. The quantitative estimate of drug-likeness (QED) is 0.356. The molecule has 4 rings (SSSR count). The fraction of sp³-hybridized carbons (Fsp3) is 0.292. The van der Waals surface area contributed by atoms with Crippen LogP contribution in [0.3, 0.4) is 0 Å². The van der Waals surface area contributed by atoms with Crippen LogP contribution < -0.4 is 10.6 Å². The maximum absolute atomic E-state index is 12.1. The lowest BCUT2D eigenvalue weighted by Gasteiger charge is -2.20. The van der Waals surface area contributed by atoms with Gasteiger partial charge in [-0.05, 0) is 64.3 Å². The summed E-state index contributed by atoms with van der Waals surface area (Å²) in [5.41, 5.74) is 3.67. The number of amides is 1. The van der Waals surface area contributed by atoms with E-state index in [0.29, 0.717) is 35.3 Å². The number of anilines is 2. The molecule has 34 heavy (non-hydrogen) atoms. The van der Waals surface area contributed by atoms with E-state index in [1.807, 2.05) is 51.3 Å². The molecule has 0 aliphatic heterocycles. The second-order valence-electron chi connectivity index (χ2n) is 8.63. The van der Waals surface area contributed by atoms with Gasteiger partial charge in [0.05, 0.1) is 27.6 Å². The first kappa shape index (κ1) is 23.4. The second kappa shape index (κ2) is 9.60. The highest BCUT2D eigenvalue weighted by atomic mass is 32.1. The monoisotopic (exact) mass is 478 g/mol. The lowest BCUT2D eigenvalue weighted by Crippen LogP contribution is -2.27. The summed E-state index contributed by atoms with van der Waals surface area (Å²) in [6.07, 6.45) is 1.20. The van der Waals surface area contributed by atoms with Gasteiger partial charge in [-0.3, -0.25) is 5.32 Å². The average Bonchev–Trinajstić information content (AvgIpc) is 3.43. The van der Waals surface area contributed by atoms with E-state index in [4.69, 9.17) is 9.26 Å². The Labute approximate surface area is 201 Å². The highest BCUT2D eigenvalue weighted by Gasteiger charge is 2.20. The molecule has 2 N–H and O–H groups in total. The molecule has 4 aromatic rings. The SMILES string of the molecule is Cc1nc(-c2onc(C)c2CNc2nccc(-c3cccs3)n2)ccc1NC(=O)OC(C)(C)C. The highest BCUT2D eigenvalue weighted by molar-refractivity contribution is 7.13. The van der Waals surface area contributed by atoms with Crippen molar-refractivity contribution in [1.29, 1.82) is 0 Å². The third-order valence-corrected chi connectivity index (χ3v) is 5.68. The molecule has 0 aliphatic carbocycles. The van der Waals surface area contributed by atoms with E-state index in [2.05, 4.69) is 30.7 Å². The van der Waals surface area contributed by atoms with Crippen molar-refractivity contribution in [1.82, 2.24) is 20.1 Å². The van der Waals surface area contributed by atoms with Crippen LogP contribution in [0.4, 0.5) is 16.4 Å². The van der Waals surface area contributed by atoms with Gasteiger partial charge in [-0.2, -0.15) is 0 Å². The van der Waals surface area contributed by atoms with Crippen LogP contribution in [0, 0.1) is 13.8 Å². The Hall–Kier alpha value is -3.79. The van der Waals surface area contributed by atoms with Crippen LogP contribution in [-0.2, 0) is 11.3 Å². The number of nitrogens with one attached hydrogen (secondary N) is 2.